The lowest BCUT2D eigenvalue weighted by molar-refractivity contribution is 0.0863. The average Bonchev–Trinajstić information content (AvgIpc) is 2.71. The van der Waals surface area contributed by atoms with Gasteiger partial charge in [0, 0.05) is 18.1 Å². The maximum atomic E-state index is 3.85. The van der Waals surface area contributed by atoms with E-state index < -0.39 is 0 Å². The molecule has 3 heteroatoms. The fourth-order valence-electron chi connectivity index (χ4n) is 4.20. The number of nitrogens with one attached hydrogen (secondary N) is 1. The zero-order chi connectivity index (χ0) is 14.8. The molecule has 0 spiro atoms. The molecule has 1 saturated carbocycles. The van der Waals surface area contributed by atoms with Crippen molar-refractivity contribution in [2.24, 2.45) is 5.41 Å². The summed E-state index contributed by atoms with van der Waals surface area (Å²) >= 11 is 0. The summed E-state index contributed by atoms with van der Waals surface area (Å²) in [6, 6.07) is 2.24. The molecule has 0 bridgehead atoms. The van der Waals surface area contributed by atoms with Crippen LogP contribution >= 0.6 is 0 Å². The van der Waals surface area contributed by atoms with Gasteiger partial charge in [-0.1, -0.05) is 20.8 Å². The SMILES string of the molecule is CCCNC1C(N2CCC(N(C)C)CC2)CCC1(C)C. The van der Waals surface area contributed by atoms with E-state index in [-0.39, 0.29) is 0 Å². The zero-order valence-corrected chi connectivity index (χ0v) is 14.3. The van der Waals surface area contributed by atoms with Crippen LogP contribution < -0.4 is 5.32 Å². The van der Waals surface area contributed by atoms with E-state index in [0.29, 0.717) is 11.5 Å². The number of piperidine rings is 1. The lowest BCUT2D eigenvalue weighted by Gasteiger charge is -2.42. The number of likely N-dealkylation sites (tertiary alicyclic amines) is 1. The van der Waals surface area contributed by atoms with Crippen molar-refractivity contribution >= 4 is 0 Å². The Kier molecular flexibility index (Phi) is 5.49. The van der Waals surface area contributed by atoms with E-state index in [1.807, 2.05) is 0 Å². The third-order valence-electron chi connectivity index (χ3n) is 5.62. The third kappa shape index (κ3) is 3.55. The van der Waals surface area contributed by atoms with Gasteiger partial charge in [-0.05, 0) is 71.2 Å². The number of nitrogens with zero attached hydrogens (tertiary/aromatic N) is 2. The molecule has 0 amide bonds. The second-order valence-corrected chi connectivity index (χ2v) is 7.76. The van der Waals surface area contributed by atoms with Crippen molar-refractivity contribution in [3.05, 3.63) is 0 Å². The molecule has 0 aromatic rings. The molecule has 2 aliphatic rings. The van der Waals surface area contributed by atoms with Gasteiger partial charge in [0.25, 0.3) is 0 Å². The van der Waals surface area contributed by atoms with Gasteiger partial charge in [-0.2, -0.15) is 0 Å². The summed E-state index contributed by atoms with van der Waals surface area (Å²) in [6.45, 7) is 10.9. The minimum absolute atomic E-state index is 0.457. The Balaban J connectivity index is 1.94. The third-order valence-corrected chi connectivity index (χ3v) is 5.62. The molecular formula is C17H35N3. The highest BCUT2D eigenvalue weighted by Crippen LogP contribution is 2.40. The average molecular weight is 281 g/mol. The van der Waals surface area contributed by atoms with Crippen molar-refractivity contribution in [2.45, 2.75) is 71.0 Å². The summed E-state index contributed by atoms with van der Waals surface area (Å²) in [5, 5.41) is 3.85. The maximum absolute atomic E-state index is 3.85. The van der Waals surface area contributed by atoms with Crippen LogP contribution in [-0.2, 0) is 0 Å². The van der Waals surface area contributed by atoms with Gasteiger partial charge >= 0.3 is 0 Å². The van der Waals surface area contributed by atoms with Crippen molar-refractivity contribution in [3.63, 3.8) is 0 Å². The van der Waals surface area contributed by atoms with Crippen molar-refractivity contribution in [3.8, 4) is 0 Å². The van der Waals surface area contributed by atoms with Crippen LogP contribution in [0.4, 0.5) is 0 Å². The quantitative estimate of drug-likeness (QED) is 0.835. The number of rotatable bonds is 5. The molecule has 1 N–H and O–H groups in total. The molecule has 2 rings (SSSR count). The Morgan fingerprint density at radius 2 is 1.80 bits per heavy atom. The van der Waals surface area contributed by atoms with Gasteiger partial charge in [0.15, 0.2) is 0 Å². The summed E-state index contributed by atoms with van der Waals surface area (Å²) in [4.78, 5) is 5.19. The van der Waals surface area contributed by atoms with Crippen LogP contribution in [0.15, 0.2) is 0 Å². The molecule has 2 fully saturated rings. The smallest absolute Gasteiger partial charge is 0.0274 e. The lowest BCUT2D eigenvalue weighted by Crippen LogP contribution is -2.55. The molecule has 118 valence electrons. The summed E-state index contributed by atoms with van der Waals surface area (Å²) < 4.78 is 0. The first-order valence-electron chi connectivity index (χ1n) is 8.59. The topological polar surface area (TPSA) is 18.5 Å². The van der Waals surface area contributed by atoms with Crippen LogP contribution in [-0.4, -0.2) is 61.7 Å². The van der Waals surface area contributed by atoms with E-state index >= 15 is 0 Å². The molecule has 2 atom stereocenters. The first-order valence-corrected chi connectivity index (χ1v) is 8.59. The Morgan fingerprint density at radius 3 is 2.35 bits per heavy atom. The first-order chi connectivity index (χ1) is 9.45. The van der Waals surface area contributed by atoms with E-state index in [2.05, 4.69) is 50.0 Å². The molecule has 3 nitrogen and oxygen atoms in total. The summed E-state index contributed by atoms with van der Waals surface area (Å²) in [6.07, 6.45) is 6.66. The second kappa shape index (κ2) is 6.76. The van der Waals surface area contributed by atoms with Crippen molar-refractivity contribution in [1.82, 2.24) is 15.1 Å². The zero-order valence-electron chi connectivity index (χ0n) is 14.3. The van der Waals surface area contributed by atoms with E-state index in [9.17, 15) is 0 Å². The predicted octanol–water partition coefficient (Wildman–Crippen LogP) is 2.57. The normalized spacial score (nSPS) is 32.1. The summed E-state index contributed by atoms with van der Waals surface area (Å²) in [5.41, 5.74) is 0.457. The van der Waals surface area contributed by atoms with Crippen LogP contribution in [0.25, 0.3) is 0 Å². The molecule has 1 aliphatic heterocycles. The highest BCUT2D eigenvalue weighted by molar-refractivity contribution is 5.01. The Labute approximate surface area is 126 Å². The van der Waals surface area contributed by atoms with Crippen LogP contribution in [0.1, 0.15) is 52.9 Å². The number of hydrogen-bond acceptors (Lipinski definition) is 3. The highest BCUT2D eigenvalue weighted by Gasteiger charge is 2.44. The molecule has 0 radical (unpaired) electrons. The van der Waals surface area contributed by atoms with E-state index in [0.717, 1.165) is 12.1 Å². The van der Waals surface area contributed by atoms with Gasteiger partial charge < -0.3 is 10.2 Å². The first kappa shape index (κ1) is 16.3. The van der Waals surface area contributed by atoms with Crippen LogP contribution in [0, 0.1) is 5.41 Å². The minimum Gasteiger partial charge on any atom is -0.312 e. The molecule has 2 unspecified atom stereocenters. The standard InChI is InChI=1S/C17H35N3/c1-6-11-18-16-15(7-10-17(16,2)3)20-12-8-14(9-13-20)19(4)5/h14-16,18H,6-13H2,1-5H3. The fourth-order valence-corrected chi connectivity index (χ4v) is 4.20. The van der Waals surface area contributed by atoms with Gasteiger partial charge in [0.2, 0.25) is 0 Å². The second-order valence-electron chi connectivity index (χ2n) is 7.76. The predicted molar refractivity (Wildman–Crippen MR) is 87.2 cm³/mol. The minimum atomic E-state index is 0.457. The van der Waals surface area contributed by atoms with Crippen molar-refractivity contribution in [2.75, 3.05) is 33.7 Å². The van der Waals surface area contributed by atoms with Gasteiger partial charge in [-0.15, -0.1) is 0 Å². The van der Waals surface area contributed by atoms with Crippen LogP contribution in [0.2, 0.25) is 0 Å². The van der Waals surface area contributed by atoms with Gasteiger partial charge in [0.05, 0.1) is 0 Å². The highest BCUT2D eigenvalue weighted by atomic mass is 15.2. The monoisotopic (exact) mass is 281 g/mol. The Bertz CT molecular complexity index is 293. The van der Waals surface area contributed by atoms with Gasteiger partial charge in [0.1, 0.15) is 0 Å². The van der Waals surface area contributed by atoms with E-state index in [4.69, 9.17) is 0 Å². The van der Waals surface area contributed by atoms with Crippen molar-refractivity contribution < 1.29 is 0 Å². The van der Waals surface area contributed by atoms with E-state index in [1.54, 1.807) is 0 Å². The molecule has 1 saturated heterocycles. The molecule has 1 aliphatic carbocycles. The Morgan fingerprint density at radius 1 is 1.15 bits per heavy atom. The maximum Gasteiger partial charge on any atom is 0.0274 e. The van der Waals surface area contributed by atoms with Gasteiger partial charge in [-0.3, -0.25) is 4.90 Å². The van der Waals surface area contributed by atoms with Crippen LogP contribution in [0.5, 0.6) is 0 Å². The molecule has 1 heterocycles. The molecule has 0 aromatic carbocycles. The molecule has 0 aromatic heterocycles. The van der Waals surface area contributed by atoms with E-state index in [1.165, 1.54) is 51.7 Å². The summed E-state index contributed by atoms with van der Waals surface area (Å²) in [5.74, 6) is 0. The molecular weight excluding hydrogens is 246 g/mol. The lowest BCUT2D eigenvalue weighted by atomic mass is 9.85. The summed E-state index contributed by atoms with van der Waals surface area (Å²) in [7, 11) is 4.45. The van der Waals surface area contributed by atoms with Crippen molar-refractivity contribution in [1.29, 1.82) is 0 Å². The molecule has 20 heavy (non-hydrogen) atoms. The number of hydrogen-bond donors (Lipinski definition) is 1. The van der Waals surface area contributed by atoms with Crippen LogP contribution in [0.3, 0.4) is 0 Å². The largest absolute Gasteiger partial charge is 0.312 e. The fraction of sp³-hybridized carbons (Fsp3) is 1.00. The van der Waals surface area contributed by atoms with Gasteiger partial charge in [-0.25, -0.2) is 0 Å². The Hall–Kier alpha value is -0.120.